The second-order valence-corrected chi connectivity index (χ2v) is 3.46. The van der Waals surface area contributed by atoms with Crippen molar-refractivity contribution >= 4 is 22.4 Å². The van der Waals surface area contributed by atoms with Gasteiger partial charge in [-0.3, -0.25) is 8.18 Å². The van der Waals surface area contributed by atoms with Crippen molar-refractivity contribution in [3.63, 3.8) is 0 Å². The minimum Gasteiger partial charge on any atom is -0.755 e. The molecule has 0 bridgehead atoms. The van der Waals surface area contributed by atoms with Crippen LogP contribution in [0.4, 0.5) is 0 Å². The second-order valence-electron chi connectivity index (χ2n) is 2.63. The maximum absolute atomic E-state index is 10.7. The molecule has 0 radical (unpaired) electrons. The number of hydrogen-bond donors (Lipinski definition) is 1. The summed E-state index contributed by atoms with van der Waals surface area (Å²) < 4.78 is 22.4. The van der Waals surface area contributed by atoms with Gasteiger partial charge in [0, 0.05) is 12.7 Å². The van der Waals surface area contributed by atoms with Gasteiger partial charge in [-0.1, -0.05) is 0 Å². The molecule has 2 rings (SSSR count). The number of aromatic nitrogens is 3. The van der Waals surface area contributed by atoms with Crippen LogP contribution in [0.3, 0.4) is 0 Å². The SMILES string of the molecule is NCc1cnc2c(ccn2S(=O)[O-])n1. The number of fused-ring (bicyclic) bond motifs is 1. The Morgan fingerprint density at radius 3 is 3.07 bits per heavy atom. The van der Waals surface area contributed by atoms with Crippen LogP contribution in [0.1, 0.15) is 5.69 Å². The number of nitrogens with zero attached hydrogens (tertiary/aromatic N) is 3. The Kier molecular flexibility index (Phi) is 2.28. The first kappa shape index (κ1) is 9.25. The van der Waals surface area contributed by atoms with Crippen LogP contribution in [-0.4, -0.2) is 22.7 Å². The topological polar surface area (TPSA) is 96.9 Å². The molecule has 6 nitrogen and oxygen atoms in total. The van der Waals surface area contributed by atoms with Gasteiger partial charge in [0.2, 0.25) is 0 Å². The highest BCUT2D eigenvalue weighted by molar-refractivity contribution is 7.77. The number of nitrogens with two attached hydrogens (primary N) is 1. The van der Waals surface area contributed by atoms with Crippen molar-refractivity contribution in [1.82, 2.24) is 13.9 Å². The highest BCUT2D eigenvalue weighted by Gasteiger charge is 2.04. The van der Waals surface area contributed by atoms with Crippen molar-refractivity contribution in [2.45, 2.75) is 6.54 Å². The van der Waals surface area contributed by atoms with E-state index >= 15 is 0 Å². The molecule has 74 valence electrons. The molecule has 1 unspecified atom stereocenters. The average Bonchev–Trinajstić information content (AvgIpc) is 2.59. The molecule has 7 heteroatoms. The lowest BCUT2D eigenvalue weighted by molar-refractivity contribution is 0.529. The Hall–Kier alpha value is -1.31. The van der Waals surface area contributed by atoms with Gasteiger partial charge in [0.15, 0.2) is 5.65 Å². The zero-order valence-electron chi connectivity index (χ0n) is 7.08. The third-order valence-electron chi connectivity index (χ3n) is 1.78. The van der Waals surface area contributed by atoms with E-state index in [1.54, 1.807) is 6.07 Å². The van der Waals surface area contributed by atoms with Crippen molar-refractivity contribution in [2.75, 3.05) is 0 Å². The predicted octanol–water partition coefficient (Wildman–Crippen LogP) is -0.468. The predicted molar refractivity (Wildman–Crippen MR) is 49.7 cm³/mol. The lowest BCUT2D eigenvalue weighted by Crippen LogP contribution is -2.04. The van der Waals surface area contributed by atoms with Gasteiger partial charge < -0.3 is 10.3 Å². The first-order chi connectivity index (χ1) is 6.72. The van der Waals surface area contributed by atoms with Crippen molar-refractivity contribution < 1.29 is 8.76 Å². The molecule has 2 aromatic rings. The van der Waals surface area contributed by atoms with Gasteiger partial charge in [0.05, 0.1) is 23.2 Å². The van der Waals surface area contributed by atoms with E-state index in [1.165, 1.54) is 12.4 Å². The normalized spacial score (nSPS) is 13.3. The summed E-state index contributed by atoms with van der Waals surface area (Å²) >= 11 is -2.35. The molecule has 1 atom stereocenters. The molecule has 0 saturated heterocycles. The van der Waals surface area contributed by atoms with Crippen LogP contribution < -0.4 is 5.73 Å². The Bertz CT molecular complexity index is 495. The van der Waals surface area contributed by atoms with Crippen LogP contribution in [-0.2, 0) is 17.8 Å². The third-order valence-corrected chi connectivity index (χ3v) is 2.39. The number of hydrogen-bond acceptors (Lipinski definition) is 5. The largest absolute Gasteiger partial charge is 0.755 e. The summed E-state index contributed by atoms with van der Waals surface area (Å²) in [6.45, 7) is 0.286. The van der Waals surface area contributed by atoms with E-state index in [9.17, 15) is 8.76 Å². The van der Waals surface area contributed by atoms with Gasteiger partial charge in [-0.15, -0.1) is 0 Å². The van der Waals surface area contributed by atoms with Gasteiger partial charge in [-0.25, -0.2) is 9.97 Å². The van der Waals surface area contributed by atoms with Gasteiger partial charge in [0.1, 0.15) is 5.52 Å². The summed E-state index contributed by atoms with van der Waals surface area (Å²) in [4.78, 5) is 8.08. The fourth-order valence-corrected chi connectivity index (χ4v) is 1.59. The van der Waals surface area contributed by atoms with E-state index < -0.39 is 11.3 Å². The Labute approximate surface area is 82.2 Å². The summed E-state index contributed by atoms with van der Waals surface area (Å²) in [5.74, 6) is 0. The summed E-state index contributed by atoms with van der Waals surface area (Å²) in [6, 6.07) is 1.58. The first-order valence-electron chi connectivity index (χ1n) is 3.85. The molecular weight excluding hydrogens is 204 g/mol. The summed E-state index contributed by atoms with van der Waals surface area (Å²) in [6.07, 6.45) is 2.86. The van der Waals surface area contributed by atoms with Gasteiger partial charge >= 0.3 is 0 Å². The van der Waals surface area contributed by atoms with Gasteiger partial charge in [-0.05, 0) is 6.07 Å². The van der Waals surface area contributed by atoms with Crippen LogP contribution in [0.2, 0.25) is 0 Å². The molecular formula is C7H7N4O2S-. The molecule has 14 heavy (non-hydrogen) atoms. The number of rotatable bonds is 2. The average molecular weight is 211 g/mol. The van der Waals surface area contributed by atoms with E-state index in [0.29, 0.717) is 16.9 Å². The van der Waals surface area contributed by atoms with Gasteiger partial charge in [0.25, 0.3) is 0 Å². The molecule has 0 aliphatic carbocycles. The third kappa shape index (κ3) is 1.41. The summed E-state index contributed by atoms with van der Waals surface area (Å²) in [7, 11) is 0. The smallest absolute Gasteiger partial charge is 0.169 e. The fourth-order valence-electron chi connectivity index (χ4n) is 1.14. The zero-order chi connectivity index (χ0) is 10.1. The molecule has 2 N–H and O–H groups in total. The van der Waals surface area contributed by atoms with E-state index in [4.69, 9.17) is 5.73 Å². The Balaban J connectivity index is 2.65. The standard InChI is InChI=1S/C7H8N4O2S/c8-3-5-4-9-7-6(10-5)1-2-11(7)14(12)13/h1-2,4H,3,8H2,(H,12,13)/p-1. The molecule has 0 aliphatic rings. The second kappa shape index (κ2) is 3.45. The Morgan fingerprint density at radius 2 is 2.43 bits per heavy atom. The molecule has 0 saturated carbocycles. The fraction of sp³-hybridized carbons (Fsp3) is 0.143. The van der Waals surface area contributed by atoms with Crippen molar-refractivity contribution in [3.8, 4) is 0 Å². The van der Waals surface area contributed by atoms with Crippen LogP contribution in [0, 0.1) is 0 Å². The quantitative estimate of drug-likeness (QED) is 0.677. The maximum Gasteiger partial charge on any atom is 0.169 e. The molecule has 0 fully saturated rings. The Morgan fingerprint density at radius 1 is 1.64 bits per heavy atom. The minimum absolute atomic E-state index is 0.286. The zero-order valence-corrected chi connectivity index (χ0v) is 7.90. The minimum atomic E-state index is -2.35. The van der Waals surface area contributed by atoms with Crippen LogP contribution >= 0.6 is 0 Å². The maximum atomic E-state index is 10.7. The van der Waals surface area contributed by atoms with Crippen LogP contribution in [0.15, 0.2) is 18.5 Å². The van der Waals surface area contributed by atoms with E-state index in [1.807, 2.05) is 0 Å². The monoisotopic (exact) mass is 211 g/mol. The van der Waals surface area contributed by atoms with Gasteiger partial charge in [-0.2, -0.15) is 0 Å². The summed E-state index contributed by atoms with van der Waals surface area (Å²) in [5, 5.41) is 0. The lowest BCUT2D eigenvalue weighted by atomic mass is 10.4. The van der Waals surface area contributed by atoms with Crippen LogP contribution in [0.25, 0.3) is 11.2 Å². The first-order valence-corrected chi connectivity index (χ1v) is 4.88. The van der Waals surface area contributed by atoms with Crippen LogP contribution in [0.5, 0.6) is 0 Å². The molecule has 0 aromatic carbocycles. The molecule has 0 amide bonds. The molecule has 2 heterocycles. The molecule has 0 spiro atoms. The van der Waals surface area contributed by atoms with E-state index in [2.05, 4.69) is 9.97 Å². The van der Waals surface area contributed by atoms with Crippen molar-refractivity contribution in [1.29, 1.82) is 0 Å². The summed E-state index contributed by atoms with van der Waals surface area (Å²) in [5.41, 5.74) is 6.85. The van der Waals surface area contributed by atoms with E-state index in [-0.39, 0.29) is 6.54 Å². The van der Waals surface area contributed by atoms with E-state index in [0.717, 1.165) is 3.97 Å². The van der Waals surface area contributed by atoms with Crippen molar-refractivity contribution in [2.24, 2.45) is 5.73 Å². The molecule has 0 aliphatic heterocycles. The lowest BCUT2D eigenvalue weighted by Gasteiger charge is -2.06. The highest BCUT2D eigenvalue weighted by Crippen LogP contribution is 2.11. The van der Waals surface area contributed by atoms with Crippen molar-refractivity contribution in [3.05, 3.63) is 24.2 Å². The molecule has 2 aromatic heterocycles. The highest BCUT2D eigenvalue weighted by atomic mass is 32.2.